The number of aryl methyl sites for hydroxylation is 2. The van der Waals surface area contributed by atoms with Crippen LogP contribution >= 0.6 is 0 Å². The summed E-state index contributed by atoms with van der Waals surface area (Å²) in [5.41, 5.74) is 3.46. The van der Waals surface area contributed by atoms with Crippen LogP contribution in [0.5, 0.6) is 17.2 Å². The van der Waals surface area contributed by atoms with Crippen molar-refractivity contribution in [3.63, 3.8) is 0 Å². The molecule has 0 saturated carbocycles. The molecule has 0 N–H and O–H groups in total. The van der Waals surface area contributed by atoms with Crippen LogP contribution in [0, 0.1) is 13.8 Å². The van der Waals surface area contributed by atoms with E-state index in [1.807, 2.05) is 32.0 Å². The minimum Gasteiger partial charge on any atom is -0.496 e. The van der Waals surface area contributed by atoms with Crippen LogP contribution in [0.4, 0.5) is 0 Å². The molecule has 0 atom stereocenters. The van der Waals surface area contributed by atoms with E-state index >= 15 is 0 Å². The number of carbonyl (C=O) groups excluding carboxylic acids is 1. The number of carbonyl (C=O) groups is 1. The Hall–Kier alpha value is -2.69. The Balaban J connectivity index is 2.24. The molecule has 24 heavy (non-hydrogen) atoms. The lowest BCUT2D eigenvalue weighted by atomic mass is 10.1. The second-order valence-electron chi connectivity index (χ2n) is 5.41. The van der Waals surface area contributed by atoms with Gasteiger partial charge in [0, 0.05) is 12.1 Å². The van der Waals surface area contributed by atoms with E-state index in [4.69, 9.17) is 18.9 Å². The molecule has 2 aromatic rings. The first-order valence-electron chi connectivity index (χ1n) is 7.53. The zero-order valence-electron chi connectivity index (χ0n) is 14.6. The number of benzene rings is 2. The minimum absolute atomic E-state index is 0.198. The molecule has 0 aliphatic heterocycles. The molecule has 0 unspecified atom stereocenters. The molecule has 0 fully saturated rings. The van der Waals surface area contributed by atoms with Crippen LogP contribution in [-0.2, 0) is 11.3 Å². The molecule has 128 valence electrons. The van der Waals surface area contributed by atoms with E-state index in [9.17, 15) is 4.79 Å². The zero-order chi connectivity index (χ0) is 17.7. The van der Waals surface area contributed by atoms with Gasteiger partial charge < -0.3 is 18.9 Å². The number of hydrogen-bond acceptors (Lipinski definition) is 5. The third kappa shape index (κ3) is 3.79. The van der Waals surface area contributed by atoms with Crippen LogP contribution in [0.15, 0.2) is 30.3 Å². The molecule has 0 bridgehead atoms. The van der Waals surface area contributed by atoms with Crippen LogP contribution < -0.4 is 14.2 Å². The Morgan fingerprint density at radius 1 is 0.875 bits per heavy atom. The van der Waals surface area contributed by atoms with Gasteiger partial charge in [0.05, 0.1) is 21.3 Å². The number of esters is 1. The van der Waals surface area contributed by atoms with Crippen LogP contribution in [0.1, 0.15) is 27.0 Å². The molecular weight excluding hydrogens is 308 g/mol. The minimum atomic E-state index is -0.478. The van der Waals surface area contributed by atoms with Crippen LogP contribution in [0.2, 0.25) is 0 Å². The number of ether oxygens (including phenoxy) is 4. The van der Waals surface area contributed by atoms with Gasteiger partial charge in [0.1, 0.15) is 17.9 Å². The molecule has 0 spiro atoms. The third-order valence-electron chi connectivity index (χ3n) is 3.79. The number of methoxy groups -OCH3 is 3. The standard InChI is InChI=1S/C19H22O5/c1-12-6-7-13(2)14(8-12)11-24-19(20)15-9-17(22-4)18(23-5)10-16(15)21-3/h6-10H,11H2,1-5H3. The Morgan fingerprint density at radius 2 is 1.50 bits per heavy atom. The molecule has 2 aromatic carbocycles. The highest BCUT2D eigenvalue weighted by Gasteiger charge is 2.19. The first-order chi connectivity index (χ1) is 11.5. The van der Waals surface area contributed by atoms with Crippen molar-refractivity contribution in [2.45, 2.75) is 20.5 Å². The van der Waals surface area contributed by atoms with Gasteiger partial charge in [-0.25, -0.2) is 4.79 Å². The summed E-state index contributed by atoms with van der Waals surface area (Å²) in [5.74, 6) is 0.824. The van der Waals surface area contributed by atoms with E-state index in [1.165, 1.54) is 21.3 Å². The molecule has 5 nitrogen and oxygen atoms in total. The molecule has 0 saturated heterocycles. The van der Waals surface area contributed by atoms with Gasteiger partial charge in [0.2, 0.25) is 0 Å². The lowest BCUT2D eigenvalue weighted by molar-refractivity contribution is 0.0468. The van der Waals surface area contributed by atoms with Crippen molar-refractivity contribution in [2.75, 3.05) is 21.3 Å². The molecule has 0 aromatic heterocycles. The first kappa shape index (κ1) is 17.7. The number of hydrogen-bond donors (Lipinski definition) is 0. The molecule has 0 aliphatic rings. The number of rotatable bonds is 6. The van der Waals surface area contributed by atoms with E-state index in [0.29, 0.717) is 22.8 Å². The Kier molecular flexibility index (Phi) is 5.68. The van der Waals surface area contributed by atoms with Crippen molar-refractivity contribution >= 4 is 5.97 Å². The molecule has 0 radical (unpaired) electrons. The van der Waals surface area contributed by atoms with Crippen molar-refractivity contribution in [3.8, 4) is 17.2 Å². The maximum absolute atomic E-state index is 12.5. The summed E-state index contributed by atoms with van der Waals surface area (Å²) < 4.78 is 21.2. The van der Waals surface area contributed by atoms with Gasteiger partial charge in [-0.2, -0.15) is 0 Å². The summed E-state index contributed by atoms with van der Waals surface area (Å²) in [6.45, 7) is 4.19. The predicted molar refractivity (Wildman–Crippen MR) is 91.1 cm³/mol. The fraction of sp³-hybridized carbons (Fsp3) is 0.316. The molecule has 2 rings (SSSR count). The predicted octanol–water partition coefficient (Wildman–Crippen LogP) is 3.69. The van der Waals surface area contributed by atoms with E-state index in [1.54, 1.807) is 12.1 Å². The fourth-order valence-electron chi connectivity index (χ4n) is 2.37. The second-order valence-corrected chi connectivity index (χ2v) is 5.41. The van der Waals surface area contributed by atoms with Crippen LogP contribution in [-0.4, -0.2) is 27.3 Å². The monoisotopic (exact) mass is 330 g/mol. The summed E-state index contributed by atoms with van der Waals surface area (Å²) in [6, 6.07) is 9.21. The van der Waals surface area contributed by atoms with Gasteiger partial charge in [0.15, 0.2) is 11.5 Å². The smallest absolute Gasteiger partial charge is 0.342 e. The van der Waals surface area contributed by atoms with Gasteiger partial charge in [-0.05, 0) is 25.0 Å². The fourth-order valence-corrected chi connectivity index (χ4v) is 2.37. The lowest BCUT2D eigenvalue weighted by Gasteiger charge is -2.14. The van der Waals surface area contributed by atoms with Crippen molar-refractivity contribution in [1.29, 1.82) is 0 Å². The highest BCUT2D eigenvalue weighted by Crippen LogP contribution is 2.35. The Morgan fingerprint density at radius 3 is 2.12 bits per heavy atom. The normalized spacial score (nSPS) is 10.2. The van der Waals surface area contributed by atoms with Crippen molar-refractivity contribution in [2.24, 2.45) is 0 Å². The quantitative estimate of drug-likeness (QED) is 0.756. The maximum Gasteiger partial charge on any atom is 0.342 e. The van der Waals surface area contributed by atoms with Crippen LogP contribution in [0.25, 0.3) is 0 Å². The molecule has 5 heteroatoms. The summed E-state index contributed by atoms with van der Waals surface area (Å²) in [4.78, 5) is 12.5. The summed E-state index contributed by atoms with van der Waals surface area (Å²) in [6.07, 6.45) is 0. The van der Waals surface area contributed by atoms with Crippen molar-refractivity contribution < 1.29 is 23.7 Å². The highest BCUT2D eigenvalue weighted by atomic mass is 16.5. The lowest BCUT2D eigenvalue weighted by Crippen LogP contribution is -2.09. The summed E-state index contributed by atoms with van der Waals surface area (Å²) >= 11 is 0. The molecule has 0 heterocycles. The van der Waals surface area contributed by atoms with E-state index < -0.39 is 5.97 Å². The summed E-state index contributed by atoms with van der Waals surface area (Å²) in [7, 11) is 4.52. The average Bonchev–Trinajstić information content (AvgIpc) is 2.60. The van der Waals surface area contributed by atoms with Crippen molar-refractivity contribution in [3.05, 3.63) is 52.6 Å². The van der Waals surface area contributed by atoms with Crippen LogP contribution in [0.3, 0.4) is 0 Å². The van der Waals surface area contributed by atoms with E-state index in [2.05, 4.69) is 0 Å². The molecular formula is C19H22O5. The second kappa shape index (κ2) is 7.73. The van der Waals surface area contributed by atoms with E-state index in [-0.39, 0.29) is 6.61 Å². The Bertz CT molecular complexity index is 737. The molecule has 0 aliphatic carbocycles. The Labute approximate surface area is 142 Å². The van der Waals surface area contributed by atoms with Crippen molar-refractivity contribution in [1.82, 2.24) is 0 Å². The van der Waals surface area contributed by atoms with Gasteiger partial charge in [-0.1, -0.05) is 23.8 Å². The maximum atomic E-state index is 12.5. The topological polar surface area (TPSA) is 54.0 Å². The highest BCUT2D eigenvalue weighted by molar-refractivity contribution is 5.93. The van der Waals surface area contributed by atoms with Gasteiger partial charge in [-0.3, -0.25) is 0 Å². The third-order valence-corrected chi connectivity index (χ3v) is 3.79. The van der Waals surface area contributed by atoms with Gasteiger partial charge in [-0.15, -0.1) is 0 Å². The SMILES string of the molecule is COc1cc(OC)c(C(=O)OCc2cc(C)ccc2C)cc1OC. The molecule has 0 amide bonds. The van der Waals surface area contributed by atoms with Gasteiger partial charge in [0.25, 0.3) is 0 Å². The summed E-state index contributed by atoms with van der Waals surface area (Å²) in [5, 5.41) is 0. The average molecular weight is 330 g/mol. The van der Waals surface area contributed by atoms with Gasteiger partial charge >= 0.3 is 5.97 Å². The largest absolute Gasteiger partial charge is 0.496 e. The first-order valence-corrected chi connectivity index (χ1v) is 7.53. The van der Waals surface area contributed by atoms with E-state index in [0.717, 1.165) is 16.7 Å². The zero-order valence-corrected chi connectivity index (χ0v) is 14.6.